The summed E-state index contributed by atoms with van der Waals surface area (Å²) >= 11 is 15.1. The molecule has 1 heterocycles. The summed E-state index contributed by atoms with van der Waals surface area (Å²) < 4.78 is 40.8. The van der Waals surface area contributed by atoms with Crippen molar-refractivity contribution in [3.05, 3.63) is 22.2 Å². The number of halogens is 6. The third-order valence-corrected chi connectivity index (χ3v) is 6.06. The molecule has 5 amide bonds. The van der Waals surface area contributed by atoms with Crippen molar-refractivity contribution in [3.8, 4) is 5.75 Å². The van der Waals surface area contributed by atoms with E-state index in [0.29, 0.717) is 0 Å². The average Bonchev–Trinajstić information content (AvgIpc) is 2.65. The van der Waals surface area contributed by atoms with Crippen LogP contribution in [0.4, 0.5) is 23.7 Å². The topological polar surface area (TPSA) is 96.0 Å². The molecule has 30 heavy (non-hydrogen) atoms. The lowest BCUT2D eigenvalue weighted by Crippen LogP contribution is -2.68. The number of carbonyl (C=O) groups is 4. The van der Waals surface area contributed by atoms with Gasteiger partial charge in [0.25, 0.3) is 11.8 Å². The molecule has 1 saturated heterocycles. The molecule has 1 aromatic rings. The zero-order chi connectivity index (χ0) is 23.2. The van der Waals surface area contributed by atoms with Crippen LogP contribution in [0.1, 0.15) is 6.92 Å². The summed E-state index contributed by atoms with van der Waals surface area (Å²) in [6.45, 7) is 1.33. The lowest BCUT2D eigenvalue weighted by atomic mass is 9.97. The van der Waals surface area contributed by atoms with Crippen LogP contribution in [0, 0.1) is 0 Å². The third kappa shape index (κ3) is 4.21. The Kier molecular flexibility index (Phi) is 6.65. The fourth-order valence-corrected chi connectivity index (χ4v) is 3.73. The van der Waals surface area contributed by atoms with Crippen molar-refractivity contribution in [2.24, 2.45) is 0 Å². The number of barbiturate groups is 1. The fourth-order valence-electron chi connectivity index (χ4n) is 2.53. The van der Waals surface area contributed by atoms with Crippen molar-refractivity contribution >= 4 is 68.6 Å². The van der Waals surface area contributed by atoms with Crippen LogP contribution in [0.3, 0.4) is 0 Å². The quantitative estimate of drug-likeness (QED) is 0.471. The normalized spacial score (nSPS) is 17.8. The minimum atomic E-state index is -5.12. The zero-order valence-corrected chi connectivity index (χ0v) is 18.5. The molecule has 0 aliphatic carbocycles. The number of anilines is 1. The van der Waals surface area contributed by atoms with E-state index in [4.69, 9.17) is 27.9 Å². The number of hydrogen-bond acceptors (Lipinski definition) is 5. The number of amides is 5. The second kappa shape index (κ2) is 8.23. The summed E-state index contributed by atoms with van der Waals surface area (Å²) in [6.07, 6.45) is -6.39. The van der Waals surface area contributed by atoms with E-state index in [1.807, 2.05) is 0 Å². The molecule has 1 aliphatic heterocycles. The second-order valence-corrected chi connectivity index (χ2v) is 8.27. The van der Waals surface area contributed by atoms with Gasteiger partial charge in [0, 0.05) is 19.8 Å². The molecule has 0 bridgehead atoms. The number of imide groups is 2. The summed E-state index contributed by atoms with van der Waals surface area (Å²) in [6, 6.07) is 1.06. The molecular formula is C16H13BrCl2F3N3O5. The van der Waals surface area contributed by atoms with E-state index in [1.54, 1.807) is 5.32 Å². The molecule has 1 fully saturated rings. The van der Waals surface area contributed by atoms with E-state index >= 15 is 0 Å². The summed E-state index contributed by atoms with van der Waals surface area (Å²) in [7, 11) is 2.35. The van der Waals surface area contributed by atoms with E-state index in [2.05, 4.69) is 15.9 Å². The van der Waals surface area contributed by atoms with Crippen LogP contribution in [-0.4, -0.2) is 64.3 Å². The lowest BCUT2D eigenvalue weighted by molar-refractivity contribution is -0.167. The first-order valence-electron chi connectivity index (χ1n) is 7.95. The second-order valence-electron chi connectivity index (χ2n) is 6.20. The molecule has 0 spiro atoms. The highest BCUT2D eigenvalue weighted by atomic mass is 79.9. The van der Waals surface area contributed by atoms with Gasteiger partial charge in [-0.25, -0.2) is 4.79 Å². The highest BCUT2D eigenvalue weighted by Gasteiger charge is 2.58. The Morgan fingerprint density at radius 2 is 1.57 bits per heavy atom. The standard InChI is InChI=1S/C16H13BrCl2F3N3O5/c1-6(15(17)12(27)24(2)14(29)25(3)13(15)28)30-10-8(18)4-7(5-9(10)19)23-11(26)16(20,21)22/h4-6H,1-3H3,(H,23,26). The van der Waals surface area contributed by atoms with Crippen molar-refractivity contribution in [3.63, 3.8) is 0 Å². The molecule has 1 atom stereocenters. The van der Waals surface area contributed by atoms with E-state index < -0.39 is 40.4 Å². The Labute approximate surface area is 186 Å². The van der Waals surface area contributed by atoms with Gasteiger partial charge < -0.3 is 10.1 Å². The van der Waals surface area contributed by atoms with Crippen molar-refractivity contribution < 1.29 is 37.1 Å². The summed E-state index contributed by atoms with van der Waals surface area (Å²) in [4.78, 5) is 49.6. The van der Waals surface area contributed by atoms with E-state index in [1.165, 1.54) is 21.0 Å². The molecule has 164 valence electrons. The molecule has 14 heteroatoms. The number of nitrogens with zero attached hydrogens (tertiary/aromatic N) is 2. The molecule has 1 aromatic carbocycles. The van der Waals surface area contributed by atoms with Crippen LogP contribution in [-0.2, 0) is 14.4 Å². The number of carbonyl (C=O) groups excluding carboxylic acids is 4. The first kappa shape index (κ1) is 24.2. The Balaban J connectivity index is 2.33. The zero-order valence-electron chi connectivity index (χ0n) is 15.4. The van der Waals surface area contributed by atoms with Crippen LogP contribution in [0.2, 0.25) is 10.0 Å². The van der Waals surface area contributed by atoms with Gasteiger partial charge in [0.05, 0.1) is 10.0 Å². The molecular weight excluding hydrogens is 522 g/mol. The maximum Gasteiger partial charge on any atom is 0.471 e. The fraction of sp³-hybridized carbons (Fsp3) is 0.375. The van der Waals surface area contributed by atoms with Gasteiger partial charge in [0.1, 0.15) is 6.10 Å². The predicted octanol–water partition coefficient (Wildman–Crippen LogP) is 3.45. The van der Waals surface area contributed by atoms with Gasteiger partial charge in [-0.2, -0.15) is 13.2 Å². The summed E-state index contributed by atoms with van der Waals surface area (Å²) in [5.41, 5.74) is -0.351. The maximum atomic E-state index is 12.6. The van der Waals surface area contributed by atoms with Gasteiger partial charge in [-0.1, -0.05) is 39.1 Å². The molecule has 0 aromatic heterocycles. The Morgan fingerprint density at radius 3 is 1.97 bits per heavy atom. The van der Waals surface area contributed by atoms with Crippen LogP contribution >= 0.6 is 39.1 Å². The molecule has 1 aliphatic rings. The first-order valence-corrected chi connectivity index (χ1v) is 9.50. The Bertz CT molecular complexity index is 896. The molecule has 0 radical (unpaired) electrons. The van der Waals surface area contributed by atoms with E-state index in [9.17, 15) is 32.3 Å². The number of nitrogens with one attached hydrogen (secondary N) is 1. The summed E-state index contributed by atoms with van der Waals surface area (Å²) in [5, 5.41) is 0.999. The predicted molar refractivity (Wildman–Crippen MR) is 104 cm³/mol. The van der Waals surface area contributed by atoms with Crippen LogP contribution in [0.15, 0.2) is 12.1 Å². The van der Waals surface area contributed by atoms with Crippen molar-refractivity contribution in [2.75, 3.05) is 19.4 Å². The summed E-state index contributed by atoms with van der Waals surface area (Å²) in [5.74, 6) is -4.28. The van der Waals surface area contributed by atoms with Gasteiger partial charge in [-0.3, -0.25) is 24.2 Å². The van der Waals surface area contributed by atoms with Gasteiger partial charge >= 0.3 is 18.1 Å². The maximum absolute atomic E-state index is 12.6. The Hall–Kier alpha value is -2.05. The lowest BCUT2D eigenvalue weighted by Gasteiger charge is -2.40. The van der Waals surface area contributed by atoms with Crippen LogP contribution in [0.25, 0.3) is 0 Å². The van der Waals surface area contributed by atoms with Crippen LogP contribution in [0.5, 0.6) is 5.75 Å². The average molecular weight is 535 g/mol. The first-order chi connectivity index (χ1) is 13.6. The van der Waals surface area contributed by atoms with Gasteiger partial charge in [-0.05, 0) is 19.1 Å². The van der Waals surface area contributed by atoms with Crippen molar-refractivity contribution in [2.45, 2.75) is 23.5 Å². The van der Waals surface area contributed by atoms with Gasteiger partial charge in [0.2, 0.25) is 4.32 Å². The van der Waals surface area contributed by atoms with Crippen LogP contribution < -0.4 is 10.1 Å². The molecule has 1 N–H and O–H groups in total. The molecule has 8 nitrogen and oxygen atoms in total. The monoisotopic (exact) mass is 533 g/mol. The van der Waals surface area contributed by atoms with Crippen molar-refractivity contribution in [1.29, 1.82) is 0 Å². The van der Waals surface area contributed by atoms with E-state index in [0.717, 1.165) is 21.9 Å². The number of rotatable bonds is 4. The number of alkyl halides is 4. The minimum absolute atomic E-state index is 0.252. The SMILES string of the molecule is CC(Oc1c(Cl)cc(NC(=O)C(F)(F)F)cc1Cl)C1(Br)C(=O)N(C)C(=O)N(C)C1=O. The number of ether oxygens (including phenoxy) is 1. The third-order valence-electron chi connectivity index (χ3n) is 4.17. The number of benzene rings is 1. The van der Waals surface area contributed by atoms with Gasteiger partial charge in [0.15, 0.2) is 5.75 Å². The number of urea groups is 1. The minimum Gasteiger partial charge on any atom is -0.485 e. The molecule has 0 saturated carbocycles. The largest absolute Gasteiger partial charge is 0.485 e. The number of hydrogen-bond donors (Lipinski definition) is 1. The smallest absolute Gasteiger partial charge is 0.471 e. The van der Waals surface area contributed by atoms with Crippen molar-refractivity contribution in [1.82, 2.24) is 9.80 Å². The van der Waals surface area contributed by atoms with E-state index in [-0.39, 0.29) is 21.5 Å². The Morgan fingerprint density at radius 1 is 1.13 bits per heavy atom. The molecule has 2 rings (SSSR count). The molecule has 1 unspecified atom stereocenters. The highest BCUT2D eigenvalue weighted by Crippen LogP contribution is 2.40. The van der Waals surface area contributed by atoms with Gasteiger partial charge in [-0.15, -0.1) is 0 Å². The highest BCUT2D eigenvalue weighted by molar-refractivity contribution is 9.10.